The summed E-state index contributed by atoms with van der Waals surface area (Å²) in [7, 11) is 0. The minimum atomic E-state index is -0.762. The van der Waals surface area contributed by atoms with Gasteiger partial charge in [-0.15, -0.1) is 0 Å². The van der Waals surface area contributed by atoms with Crippen LogP contribution >= 0.6 is 0 Å². The van der Waals surface area contributed by atoms with Crippen LogP contribution in [0.25, 0.3) is 0 Å². The average Bonchev–Trinajstić information content (AvgIpc) is 3.08. The van der Waals surface area contributed by atoms with E-state index in [1.54, 1.807) is 0 Å². The third-order valence-electron chi connectivity index (χ3n) is 10.0. The van der Waals surface area contributed by atoms with E-state index in [9.17, 15) is 14.4 Å². The summed E-state index contributed by atoms with van der Waals surface area (Å²) in [5.41, 5.74) is 0. The largest absolute Gasteiger partial charge is 0.462 e. The number of rotatable bonds is 37. The molecular weight excluding hydrogens is 624 g/mol. The Morgan fingerprint density at radius 3 is 1.04 bits per heavy atom. The Morgan fingerprint density at radius 2 is 0.700 bits per heavy atom. The van der Waals surface area contributed by atoms with Crippen molar-refractivity contribution < 1.29 is 28.6 Å². The van der Waals surface area contributed by atoms with Crippen molar-refractivity contribution in [1.29, 1.82) is 0 Å². The Labute approximate surface area is 310 Å². The van der Waals surface area contributed by atoms with Crippen LogP contribution in [-0.4, -0.2) is 37.2 Å². The lowest BCUT2D eigenvalue weighted by atomic mass is 10.00. The standard InChI is InChI=1S/C44H84O6/c1-7-40(6)32-26-20-16-17-22-28-34-43(46)49-37-41(50-44(47)35-29-23-15-11-13-19-25-31-39(4)5)36-48-42(45)33-27-21-14-10-8-9-12-18-24-30-38(2)3/h38-41H,7-37H2,1-6H3/t40?,41-/m0/s1. The molecule has 0 aliphatic heterocycles. The van der Waals surface area contributed by atoms with Crippen LogP contribution in [0.2, 0.25) is 0 Å². The zero-order valence-corrected chi connectivity index (χ0v) is 34.2. The first-order valence-electron chi connectivity index (χ1n) is 21.6. The molecule has 296 valence electrons. The van der Waals surface area contributed by atoms with E-state index in [0.29, 0.717) is 19.3 Å². The quantitative estimate of drug-likeness (QED) is 0.0363. The van der Waals surface area contributed by atoms with Gasteiger partial charge >= 0.3 is 17.9 Å². The second kappa shape index (κ2) is 35.8. The van der Waals surface area contributed by atoms with Gasteiger partial charge < -0.3 is 14.2 Å². The molecule has 0 radical (unpaired) electrons. The van der Waals surface area contributed by atoms with Gasteiger partial charge in [-0.05, 0) is 37.0 Å². The zero-order valence-electron chi connectivity index (χ0n) is 34.2. The van der Waals surface area contributed by atoms with Crippen LogP contribution in [0.1, 0.15) is 228 Å². The van der Waals surface area contributed by atoms with Gasteiger partial charge in [0.2, 0.25) is 0 Å². The van der Waals surface area contributed by atoms with Crippen LogP contribution < -0.4 is 0 Å². The summed E-state index contributed by atoms with van der Waals surface area (Å²) in [5.74, 6) is 1.53. The Balaban J connectivity index is 4.36. The van der Waals surface area contributed by atoms with Gasteiger partial charge in [-0.25, -0.2) is 0 Å². The summed E-state index contributed by atoms with van der Waals surface area (Å²) in [5, 5.41) is 0. The Morgan fingerprint density at radius 1 is 0.400 bits per heavy atom. The van der Waals surface area contributed by atoms with E-state index in [-0.39, 0.29) is 31.1 Å². The van der Waals surface area contributed by atoms with E-state index in [1.807, 2.05) is 0 Å². The highest BCUT2D eigenvalue weighted by atomic mass is 16.6. The predicted molar refractivity (Wildman–Crippen MR) is 210 cm³/mol. The molecule has 0 aromatic rings. The molecule has 0 heterocycles. The van der Waals surface area contributed by atoms with Crippen LogP contribution in [0.4, 0.5) is 0 Å². The fourth-order valence-electron chi connectivity index (χ4n) is 6.32. The highest BCUT2D eigenvalue weighted by Crippen LogP contribution is 2.17. The minimum Gasteiger partial charge on any atom is -0.462 e. The molecule has 1 unspecified atom stereocenters. The molecule has 2 atom stereocenters. The maximum atomic E-state index is 12.6. The van der Waals surface area contributed by atoms with E-state index in [1.165, 1.54) is 109 Å². The normalized spacial score (nSPS) is 12.7. The summed E-state index contributed by atoms with van der Waals surface area (Å²) in [6.07, 6.45) is 31.0. The third kappa shape index (κ3) is 36.2. The molecule has 0 aliphatic carbocycles. The van der Waals surface area contributed by atoms with E-state index in [2.05, 4.69) is 41.5 Å². The number of hydrogen-bond acceptors (Lipinski definition) is 6. The number of carbonyl (C=O) groups is 3. The Hall–Kier alpha value is -1.59. The maximum absolute atomic E-state index is 12.6. The summed E-state index contributed by atoms with van der Waals surface area (Å²) in [4.78, 5) is 37.6. The molecule has 0 amide bonds. The van der Waals surface area contributed by atoms with Gasteiger partial charge in [0.05, 0.1) is 0 Å². The molecular formula is C44H84O6. The summed E-state index contributed by atoms with van der Waals surface area (Å²) in [6.45, 7) is 13.6. The van der Waals surface area contributed by atoms with Crippen molar-refractivity contribution in [2.45, 2.75) is 234 Å². The first-order valence-corrected chi connectivity index (χ1v) is 21.6. The molecule has 0 spiro atoms. The van der Waals surface area contributed by atoms with Crippen molar-refractivity contribution in [3.63, 3.8) is 0 Å². The summed E-state index contributed by atoms with van der Waals surface area (Å²) in [6, 6.07) is 0. The third-order valence-corrected chi connectivity index (χ3v) is 10.0. The molecule has 6 nitrogen and oxygen atoms in total. The van der Waals surface area contributed by atoms with Crippen LogP contribution in [0.15, 0.2) is 0 Å². The number of unbranched alkanes of at least 4 members (excludes halogenated alkanes) is 19. The molecule has 0 bridgehead atoms. The summed E-state index contributed by atoms with van der Waals surface area (Å²) >= 11 is 0. The first-order chi connectivity index (χ1) is 24.1. The van der Waals surface area contributed by atoms with Gasteiger partial charge in [0.1, 0.15) is 13.2 Å². The molecule has 0 saturated heterocycles. The molecule has 6 heteroatoms. The zero-order chi connectivity index (χ0) is 37.1. The van der Waals surface area contributed by atoms with E-state index >= 15 is 0 Å². The van der Waals surface area contributed by atoms with Gasteiger partial charge in [-0.2, -0.15) is 0 Å². The van der Waals surface area contributed by atoms with Crippen LogP contribution in [-0.2, 0) is 28.6 Å². The van der Waals surface area contributed by atoms with E-state index in [4.69, 9.17) is 14.2 Å². The predicted octanol–water partition coefficient (Wildman–Crippen LogP) is 13.3. The smallest absolute Gasteiger partial charge is 0.306 e. The van der Waals surface area contributed by atoms with Crippen molar-refractivity contribution in [3.05, 3.63) is 0 Å². The number of ether oxygens (including phenoxy) is 3. The maximum Gasteiger partial charge on any atom is 0.306 e. The monoisotopic (exact) mass is 709 g/mol. The van der Waals surface area contributed by atoms with Crippen LogP contribution in [0, 0.1) is 17.8 Å². The first kappa shape index (κ1) is 48.4. The Kier molecular flexibility index (Phi) is 34.7. The topological polar surface area (TPSA) is 78.9 Å². The lowest BCUT2D eigenvalue weighted by molar-refractivity contribution is -0.167. The fraction of sp³-hybridized carbons (Fsp3) is 0.932. The van der Waals surface area contributed by atoms with Gasteiger partial charge in [0.15, 0.2) is 6.10 Å². The van der Waals surface area contributed by atoms with Crippen LogP contribution in [0.5, 0.6) is 0 Å². The second-order valence-electron chi connectivity index (χ2n) is 16.2. The van der Waals surface area contributed by atoms with Gasteiger partial charge in [-0.3, -0.25) is 14.4 Å². The number of carbonyl (C=O) groups excluding carboxylic acids is 3. The average molecular weight is 709 g/mol. The molecule has 0 aromatic carbocycles. The van der Waals surface area contributed by atoms with Gasteiger partial charge in [0.25, 0.3) is 0 Å². The van der Waals surface area contributed by atoms with Crippen molar-refractivity contribution >= 4 is 17.9 Å². The fourth-order valence-corrected chi connectivity index (χ4v) is 6.32. The highest BCUT2D eigenvalue weighted by Gasteiger charge is 2.19. The Bertz CT molecular complexity index is 778. The molecule has 0 aliphatic rings. The molecule has 0 N–H and O–H groups in total. The van der Waals surface area contributed by atoms with Gasteiger partial charge in [0, 0.05) is 19.3 Å². The minimum absolute atomic E-state index is 0.0678. The number of hydrogen-bond donors (Lipinski definition) is 0. The van der Waals surface area contributed by atoms with Gasteiger partial charge in [-0.1, -0.05) is 189 Å². The second-order valence-corrected chi connectivity index (χ2v) is 16.2. The van der Waals surface area contributed by atoms with Crippen molar-refractivity contribution in [1.82, 2.24) is 0 Å². The summed E-state index contributed by atoms with van der Waals surface area (Å²) < 4.78 is 16.7. The highest BCUT2D eigenvalue weighted by molar-refractivity contribution is 5.71. The lowest BCUT2D eigenvalue weighted by Crippen LogP contribution is -2.30. The molecule has 50 heavy (non-hydrogen) atoms. The van der Waals surface area contributed by atoms with Crippen molar-refractivity contribution in [2.75, 3.05) is 13.2 Å². The molecule has 0 rings (SSSR count). The van der Waals surface area contributed by atoms with E-state index < -0.39 is 6.10 Å². The molecule has 0 fully saturated rings. The van der Waals surface area contributed by atoms with Crippen molar-refractivity contribution in [2.24, 2.45) is 17.8 Å². The SMILES string of the molecule is CCC(C)CCCCCCCCC(=O)OC[C@H](COC(=O)CCCCCCCCCCCC(C)C)OC(=O)CCCCCCCCCC(C)C. The number of esters is 3. The van der Waals surface area contributed by atoms with Crippen LogP contribution in [0.3, 0.4) is 0 Å². The molecule has 0 aromatic heterocycles. The van der Waals surface area contributed by atoms with Crippen molar-refractivity contribution in [3.8, 4) is 0 Å². The molecule has 0 saturated carbocycles. The lowest BCUT2D eigenvalue weighted by Gasteiger charge is -2.18. The van der Waals surface area contributed by atoms with E-state index in [0.717, 1.165) is 75.5 Å².